The maximum atomic E-state index is 13.6. The SMILES string of the molecule is C=CC(C)Oc1c(F)cccc1CNCC. The molecule has 0 aliphatic rings. The molecule has 0 aliphatic heterocycles. The van der Waals surface area contributed by atoms with Crippen LogP contribution in [-0.2, 0) is 6.54 Å². The lowest BCUT2D eigenvalue weighted by atomic mass is 10.2. The van der Waals surface area contributed by atoms with Crippen molar-refractivity contribution < 1.29 is 9.13 Å². The maximum absolute atomic E-state index is 13.6. The molecule has 1 aromatic carbocycles. The number of para-hydroxylation sites is 1. The van der Waals surface area contributed by atoms with Crippen LogP contribution in [0.25, 0.3) is 0 Å². The van der Waals surface area contributed by atoms with Gasteiger partial charge in [0, 0.05) is 12.1 Å². The number of hydrogen-bond acceptors (Lipinski definition) is 2. The molecule has 0 radical (unpaired) electrons. The molecule has 0 saturated carbocycles. The van der Waals surface area contributed by atoms with Crippen molar-refractivity contribution in [1.82, 2.24) is 5.32 Å². The average Bonchev–Trinajstić information content (AvgIpc) is 2.29. The Labute approximate surface area is 96.1 Å². The van der Waals surface area contributed by atoms with E-state index in [9.17, 15) is 4.39 Å². The molecule has 1 atom stereocenters. The van der Waals surface area contributed by atoms with Gasteiger partial charge in [0.1, 0.15) is 6.10 Å². The van der Waals surface area contributed by atoms with Crippen molar-refractivity contribution in [3.63, 3.8) is 0 Å². The van der Waals surface area contributed by atoms with Crippen LogP contribution in [0, 0.1) is 5.82 Å². The highest BCUT2D eigenvalue weighted by Crippen LogP contribution is 2.23. The van der Waals surface area contributed by atoms with Crippen LogP contribution in [-0.4, -0.2) is 12.6 Å². The summed E-state index contributed by atoms with van der Waals surface area (Å²) >= 11 is 0. The van der Waals surface area contributed by atoms with Crippen molar-refractivity contribution in [3.05, 3.63) is 42.2 Å². The molecule has 88 valence electrons. The van der Waals surface area contributed by atoms with Gasteiger partial charge in [0.15, 0.2) is 11.6 Å². The first-order valence-electron chi connectivity index (χ1n) is 5.46. The second-order valence-corrected chi connectivity index (χ2v) is 3.57. The van der Waals surface area contributed by atoms with Crippen molar-refractivity contribution >= 4 is 0 Å². The molecule has 3 heteroatoms. The Morgan fingerprint density at radius 3 is 2.94 bits per heavy atom. The summed E-state index contributed by atoms with van der Waals surface area (Å²) in [4.78, 5) is 0. The molecule has 0 fully saturated rings. The molecule has 1 aromatic rings. The van der Waals surface area contributed by atoms with E-state index < -0.39 is 0 Å². The lowest BCUT2D eigenvalue weighted by molar-refractivity contribution is 0.253. The highest BCUT2D eigenvalue weighted by molar-refractivity contribution is 5.35. The molecular weight excluding hydrogens is 205 g/mol. The molecule has 0 heterocycles. The summed E-state index contributed by atoms with van der Waals surface area (Å²) in [5.41, 5.74) is 0.829. The second-order valence-electron chi connectivity index (χ2n) is 3.57. The third kappa shape index (κ3) is 3.35. The molecular formula is C13H18FNO. The van der Waals surface area contributed by atoms with Crippen LogP contribution in [0.5, 0.6) is 5.75 Å². The smallest absolute Gasteiger partial charge is 0.165 e. The van der Waals surface area contributed by atoms with Crippen LogP contribution in [0.2, 0.25) is 0 Å². The fourth-order valence-corrected chi connectivity index (χ4v) is 1.32. The number of rotatable bonds is 6. The predicted molar refractivity (Wildman–Crippen MR) is 64.1 cm³/mol. The molecule has 1 unspecified atom stereocenters. The molecule has 1 rings (SSSR count). The van der Waals surface area contributed by atoms with E-state index in [2.05, 4.69) is 11.9 Å². The maximum Gasteiger partial charge on any atom is 0.165 e. The van der Waals surface area contributed by atoms with E-state index >= 15 is 0 Å². The number of benzene rings is 1. The minimum atomic E-state index is -0.330. The van der Waals surface area contributed by atoms with Gasteiger partial charge >= 0.3 is 0 Å². The molecule has 0 spiro atoms. The van der Waals surface area contributed by atoms with Gasteiger partial charge in [-0.2, -0.15) is 0 Å². The first-order chi connectivity index (χ1) is 7.69. The van der Waals surface area contributed by atoms with Crippen molar-refractivity contribution in [2.24, 2.45) is 0 Å². The first kappa shape index (κ1) is 12.7. The minimum Gasteiger partial charge on any atom is -0.483 e. The summed E-state index contributed by atoms with van der Waals surface area (Å²) in [5.74, 6) is -0.0139. The van der Waals surface area contributed by atoms with Crippen molar-refractivity contribution in [1.29, 1.82) is 0 Å². The van der Waals surface area contributed by atoms with Crippen LogP contribution < -0.4 is 10.1 Å². The summed E-state index contributed by atoms with van der Waals surface area (Å²) in [6, 6.07) is 4.95. The second kappa shape index (κ2) is 6.28. The molecule has 16 heavy (non-hydrogen) atoms. The van der Waals surface area contributed by atoms with Gasteiger partial charge in [-0.25, -0.2) is 4.39 Å². The van der Waals surface area contributed by atoms with E-state index in [0.717, 1.165) is 12.1 Å². The molecule has 0 amide bonds. The Morgan fingerprint density at radius 2 is 2.31 bits per heavy atom. The van der Waals surface area contributed by atoms with Gasteiger partial charge in [0.25, 0.3) is 0 Å². The summed E-state index contributed by atoms with van der Waals surface area (Å²) in [6.45, 7) is 8.90. The normalized spacial score (nSPS) is 12.2. The zero-order valence-electron chi connectivity index (χ0n) is 9.79. The van der Waals surface area contributed by atoms with Gasteiger partial charge < -0.3 is 10.1 Å². The predicted octanol–water partition coefficient (Wildman–Crippen LogP) is 2.89. The monoisotopic (exact) mass is 223 g/mol. The summed E-state index contributed by atoms with van der Waals surface area (Å²) in [7, 11) is 0. The largest absolute Gasteiger partial charge is 0.483 e. The van der Waals surface area contributed by atoms with Crippen molar-refractivity contribution in [2.45, 2.75) is 26.5 Å². The van der Waals surface area contributed by atoms with Gasteiger partial charge in [-0.1, -0.05) is 31.7 Å². The van der Waals surface area contributed by atoms with Crippen LogP contribution >= 0.6 is 0 Å². The fraction of sp³-hybridized carbons (Fsp3) is 0.385. The van der Waals surface area contributed by atoms with E-state index in [0.29, 0.717) is 12.3 Å². The van der Waals surface area contributed by atoms with Gasteiger partial charge in [0.05, 0.1) is 0 Å². The van der Waals surface area contributed by atoms with E-state index in [1.165, 1.54) is 6.07 Å². The highest BCUT2D eigenvalue weighted by atomic mass is 19.1. The van der Waals surface area contributed by atoms with Crippen LogP contribution in [0.1, 0.15) is 19.4 Å². The first-order valence-corrected chi connectivity index (χ1v) is 5.46. The molecule has 1 N–H and O–H groups in total. The lowest BCUT2D eigenvalue weighted by Gasteiger charge is -2.15. The molecule has 0 aromatic heterocycles. The van der Waals surface area contributed by atoms with E-state index in [1.807, 2.05) is 19.9 Å². The number of hydrogen-bond donors (Lipinski definition) is 1. The molecule has 0 bridgehead atoms. The summed E-state index contributed by atoms with van der Waals surface area (Å²) in [6.07, 6.45) is 1.45. The summed E-state index contributed by atoms with van der Waals surface area (Å²) in [5, 5.41) is 3.15. The average molecular weight is 223 g/mol. The Morgan fingerprint density at radius 1 is 1.56 bits per heavy atom. The van der Waals surface area contributed by atoms with Crippen molar-refractivity contribution in [2.75, 3.05) is 6.54 Å². The van der Waals surface area contributed by atoms with Crippen LogP contribution in [0.15, 0.2) is 30.9 Å². The van der Waals surface area contributed by atoms with Gasteiger partial charge in [-0.15, -0.1) is 0 Å². The molecule has 0 saturated heterocycles. The topological polar surface area (TPSA) is 21.3 Å². The molecule has 0 aliphatic carbocycles. The van der Waals surface area contributed by atoms with E-state index in [1.54, 1.807) is 12.1 Å². The Balaban J connectivity index is 2.89. The third-order valence-corrected chi connectivity index (χ3v) is 2.25. The zero-order chi connectivity index (χ0) is 12.0. The number of ether oxygens (including phenoxy) is 1. The minimum absolute atomic E-state index is 0.197. The van der Waals surface area contributed by atoms with E-state index in [-0.39, 0.29) is 11.9 Å². The van der Waals surface area contributed by atoms with Gasteiger partial charge in [-0.05, 0) is 19.5 Å². The standard InChI is InChI=1S/C13H18FNO/c1-4-10(3)16-13-11(9-15-5-2)7-6-8-12(13)14/h4,6-8,10,15H,1,5,9H2,2-3H3. The Hall–Kier alpha value is -1.35. The van der Waals surface area contributed by atoms with Crippen molar-refractivity contribution in [3.8, 4) is 5.75 Å². The summed E-state index contributed by atoms with van der Waals surface area (Å²) < 4.78 is 19.1. The lowest BCUT2D eigenvalue weighted by Crippen LogP contribution is -2.15. The Kier molecular flexibility index (Phi) is 4.99. The third-order valence-electron chi connectivity index (χ3n) is 2.25. The van der Waals surface area contributed by atoms with Crippen LogP contribution in [0.4, 0.5) is 4.39 Å². The van der Waals surface area contributed by atoms with Gasteiger partial charge in [0.2, 0.25) is 0 Å². The number of halogens is 1. The number of nitrogens with one attached hydrogen (secondary N) is 1. The fourth-order valence-electron chi connectivity index (χ4n) is 1.32. The Bertz CT molecular complexity index is 352. The van der Waals surface area contributed by atoms with Crippen LogP contribution in [0.3, 0.4) is 0 Å². The zero-order valence-corrected chi connectivity index (χ0v) is 9.79. The molecule has 2 nitrogen and oxygen atoms in total. The highest BCUT2D eigenvalue weighted by Gasteiger charge is 2.11. The van der Waals surface area contributed by atoms with E-state index in [4.69, 9.17) is 4.74 Å². The van der Waals surface area contributed by atoms with Gasteiger partial charge in [-0.3, -0.25) is 0 Å². The quantitative estimate of drug-likeness (QED) is 0.749.